The number of ether oxygens (including phenoxy) is 3. The van der Waals surface area contributed by atoms with Crippen LogP contribution >= 0.6 is 0 Å². The first kappa shape index (κ1) is 24.1. The molecule has 2 amide bonds. The van der Waals surface area contributed by atoms with E-state index in [0.29, 0.717) is 36.5 Å². The third kappa shape index (κ3) is 6.64. The van der Waals surface area contributed by atoms with Gasteiger partial charge in [-0.05, 0) is 62.1 Å². The Kier molecular flexibility index (Phi) is 8.30. The SMILES string of the molecule is COc1ccc(C(=O)NNC(=O)C(C)(C)CCCOc2cc(C)ccc2C)cc1OC. The first-order valence-corrected chi connectivity index (χ1v) is 10.2. The van der Waals surface area contributed by atoms with Gasteiger partial charge < -0.3 is 14.2 Å². The lowest BCUT2D eigenvalue weighted by molar-refractivity contribution is -0.130. The topological polar surface area (TPSA) is 85.9 Å². The molecule has 0 atom stereocenters. The molecule has 0 unspecified atom stereocenters. The van der Waals surface area contributed by atoms with Gasteiger partial charge >= 0.3 is 0 Å². The van der Waals surface area contributed by atoms with E-state index in [4.69, 9.17) is 14.2 Å². The van der Waals surface area contributed by atoms with Crippen molar-refractivity contribution in [1.29, 1.82) is 0 Å². The third-order valence-electron chi connectivity index (χ3n) is 5.10. The molecule has 2 aromatic rings. The molecule has 0 saturated carbocycles. The lowest BCUT2D eigenvalue weighted by Gasteiger charge is -2.23. The fourth-order valence-electron chi connectivity index (χ4n) is 3.00. The smallest absolute Gasteiger partial charge is 0.269 e. The van der Waals surface area contributed by atoms with Crippen LogP contribution in [0.1, 0.15) is 48.2 Å². The van der Waals surface area contributed by atoms with Gasteiger partial charge in [-0.1, -0.05) is 26.0 Å². The maximum atomic E-state index is 12.6. The lowest BCUT2D eigenvalue weighted by Crippen LogP contribution is -2.47. The van der Waals surface area contributed by atoms with Gasteiger partial charge in [0.05, 0.1) is 20.8 Å². The molecule has 0 fully saturated rings. The monoisotopic (exact) mass is 428 g/mol. The maximum Gasteiger partial charge on any atom is 0.269 e. The maximum absolute atomic E-state index is 12.6. The summed E-state index contributed by atoms with van der Waals surface area (Å²) in [6.07, 6.45) is 1.31. The zero-order valence-electron chi connectivity index (χ0n) is 19.1. The van der Waals surface area contributed by atoms with Gasteiger partial charge in [0.1, 0.15) is 5.75 Å². The molecule has 2 rings (SSSR count). The van der Waals surface area contributed by atoms with E-state index in [2.05, 4.69) is 10.9 Å². The summed E-state index contributed by atoms with van der Waals surface area (Å²) in [7, 11) is 3.01. The zero-order chi connectivity index (χ0) is 23.0. The minimum atomic E-state index is -0.671. The second kappa shape index (κ2) is 10.7. The van der Waals surface area contributed by atoms with Crippen molar-refractivity contribution in [3.05, 3.63) is 53.1 Å². The van der Waals surface area contributed by atoms with E-state index in [0.717, 1.165) is 16.9 Å². The van der Waals surface area contributed by atoms with E-state index in [9.17, 15) is 9.59 Å². The van der Waals surface area contributed by atoms with E-state index in [1.165, 1.54) is 14.2 Å². The highest BCUT2D eigenvalue weighted by molar-refractivity contribution is 5.96. The van der Waals surface area contributed by atoms with Crippen LogP contribution < -0.4 is 25.1 Å². The van der Waals surface area contributed by atoms with Crippen LogP contribution in [0.25, 0.3) is 0 Å². The molecule has 2 N–H and O–H groups in total. The summed E-state index contributed by atoms with van der Waals surface area (Å²) in [5.74, 6) is 1.11. The summed E-state index contributed by atoms with van der Waals surface area (Å²) < 4.78 is 16.2. The van der Waals surface area contributed by atoms with E-state index in [1.807, 2.05) is 45.9 Å². The third-order valence-corrected chi connectivity index (χ3v) is 5.10. The van der Waals surface area contributed by atoms with Crippen LogP contribution in [-0.4, -0.2) is 32.6 Å². The molecule has 0 aliphatic rings. The molecule has 0 aliphatic carbocycles. The van der Waals surface area contributed by atoms with Crippen LogP contribution in [0.5, 0.6) is 17.2 Å². The molecule has 0 saturated heterocycles. The number of amides is 2. The van der Waals surface area contributed by atoms with Crippen molar-refractivity contribution >= 4 is 11.8 Å². The minimum absolute atomic E-state index is 0.270. The van der Waals surface area contributed by atoms with Crippen LogP contribution in [0.3, 0.4) is 0 Å². The van der Waals surface area contributed by atoms with E-state index in [-0.39, 0.29) is 5.91 Å². The number of hydrazine groups is 1. The molecule has 31 heavy (non-hydrogen) atoms. The molecule has 7 heteroatoms. The van der Waals surface area contributed by atoms with Gasteiger partial charge in [0.25, 0.3) is 5.91 Å². The van der Waals surface area contributed by atoms with Crippen LogP contribution in [0, 0.1) is 19.3 Å². The summed E-state index contributed by atoms with van der Waals surface area (Å²) in [5.41, 5.74) is 6.87. The number of rotatable bonds is 9. The average molecular weight is 429 g/mol. The first-order chi connectivity index (χ1) is 14.7. The number of nitrogens with one attached hydrogen (secondary N) is 2. The largest absolute Gasteiger partial charge is 0.493 e. The summed E-state index contributed by atoms with van der Waals surface area (Å²) >= 11 is 0. The summed E-state index contributed by atoms with van der Waals surface area (Å²) in [5, 5.41) is 0. The molecule has 0 heterocycles. The molecule has 168 valence electrons. The van der Waals surface area contributed by atoms with Crippen molar-refractivity contribution in [2.75, 3.05) is 20.8 Å². The highest BCUT2D eigenvalue weighted by atomic mass is 16.5. The van der Waals surface area contributed by atoms with Gasteiger partial charge in [-0.25, -0.2) is 0 Å². The number of hydrogen-bond donors (Lipinski definition) is 2. The number of carbonyl (C=O) groups is 2. The second-order valence-corrected chi connectivity index (χ2v) is 8.08. The van der Waals surface area contributed by atoms with Crippen LogP contribution in [0.4, 0.5) is 0 Å². The highest BCUT2D eigenvalue weighted by Crippen LogP contribution is 2.27. The number of carbonyl (C=O) groups excluding carboxylic acids is 2. The molecule has 0 bridgehead atoms. The van der Waals surface area contributed by atoms with E-state index < -0.39 is 11.3 Å². The van der Waals surface area contributed by atoms with Gasteiger partial charge in [0.2, 0.25) is 5.91 Å². The Labute approximate surface area is 184 Å². The van der Waals surface area contributed by atoms with Crippen molar-refractivity contribution in [2.45, 2.75) is 40.5 Å². The van der Waals surface area contributed by atoms with Crippen molar-refractivity contribution in [2.24, 2.45) is 5.41 Å². The minimum Gasteiger partial charge on any atom is -0.493 e. The molecule has 7 nitrogen and oxygen atoms in total. The Morgan fingerprint density at radius 3 is 2.29 bits per heavy atom. The molecular weight excluding hydrogens is 396 g/mol. The molecule has 0 radical (unpaired) electrons. The Morgan fingerprint density at radius 2 is 1.61 bits per heavy atom. The van der Waals surface area contributed by atoms with Gasteiger partial charge in [0, 0.05) is 11.0 Å². The Bertz CT molecular complexity index is 924. The molecule has 0 aliphatic heterocycles. The first-order valence-electron chi connectivity index (χ1n) is 10.2. The van der Waals surface area contributed by atoms with Gasteiger partial charge in [0.15, 0.2) is 11.5 Å². The van der Waals surface area contributed by atoms with E-state index in [1.54, 1.807) is 18.2 Å². The van der Waals surface area contributed by atoms with Gasteiger partial charge in [-0.3, -0.25) is 20.4 Å². The predicted octanol–water partition coefficient (Wildman–Crippen LogP) is 3.97. The summed E-state index contributed by atoms with van der Waals surface area (Å²) in [6, 6.07) is 10.9. The molecule has 0 aromatic heterocycles. The lowest BCUT2D eigenvalue weighted by atomic mass is 9.87. The molecule has 0 spiro atoms. The Morgan fingerprint density at radius 1 is 0.903 bits per heavy atom. The number of methoxy groups -OCH3 is 2. The highest BCUT2D eigenvalue weighted by Gasteiger charge is 2.27. The second-order valence-electron chi connectivity index (χ2n) is 8.08. The number of hydrogen-bond acceptors (Lipinski definition) is 5. The molecule has 2 aromatic carbocycles. The zero-order valence-corrected chi connectivity index (χ0v) is 19.1. The predicted molar refractivity (Wildman–Crippen MR) is 120 cm³/mol. The number of benzene rings is 2. The van der Waals surface area contributed by atoms with Crippen molar-refractivity contribution < 1.29 is 23.8 Å². The normalized spacial score (nSPS) is 10.9. The quantitative estimate of drug-likeness (QED) is 0.466. The summed E-state index contributed by atoms with van der Waals surface area (Å²) in [6.45, 7) is 8.22. The Hall–Kier alpha value is -3.22. The average Bonchev–Trinajstić information content (AvgIpc) is 2.76. The van der Waals surface area contributed by atoms with Crippen LogP contribution in [0.2, 0.25) is 0 Å². The van der Waals surface area contributed by atoms with E-state index >= 15 is 0 Å². The Balaban J connectivity index is 1.83. The summed E-state index contributed by atoms with van der Waals surface area (Å²) in [4.78, 5) is 25.0. The fraction of sp³-hybridized carbons (Fsp3) is 0.417. The van der Waals surface area contributed by atoms with Gasteiger partial charge in [-0.15, -0.1) is 0 Å². The number of aryl methyl sites for hydroxylation is 2. The standard InChI is InChI=1S/C24H32N2O5/c1-16-8-9-17(2)20(14-16)31-13-7-12-24(3,4)23(28)26-25-22(27)18-10-11-19(29-5)21(15-18)30-6/h8-11,14-15H,7,12-13H2,1-6H3,(H,25,27)(H,26,28). The van der Waals surface area contributed by atoms with Crippen LogP contribution in [-0.2, 0) is 4.79 Å². The fourth-order valence-corrected chi connectivity index (χ4v) is 3.00. The van der Waals surface area contributed by atoms with Crippen LogP contribution in [0.15, 0.2) is 36.4 Å². The van der Waals surface area contributed by atoms with Crippen molar-refractivity contribution in [3.8, 4) is 17.2 Å². The van der Waals surface area contributed by atoms with Crippen molar-refractivity contribution in [1.82, 2.24) is 10.9 Å². The van der Waals surface area contributed by atoms with Crippen molar-refractivity contribution in [3.63, 3.8) is 0 Å². The molecular formula is C24H32N2O5. The van der Waals surface area contributed by atoms with Gasteiger partial charge in [-0.2, -0.15) is 0 Å².